The van der Waals surface area contributed by atoms with Crippen LogP contribution in [0.25, 0.3) is 0 Å². The van der Waals surface area contributed by atoms with Crippen molar-refractivity contribution in [3.05, 3.63) is 51.8 Å². The average Bonchev–Trinajstić information content (AvgIpc) is 2.43. The third kappa shape index (κ3) is 3.76. The smallest absolute Gasteiger partial charge is 0.279 e. The quantitative estimate of drug-likeness (QED) is 0.716. The van der Waals surface area contributed by atoms with E-state index < -0.39 is 17.8 Å². The third-order valence-corrected chi connectivity index (χ3v) is 3.80. The summed E-state index contributed by atoms with van der Waals surface area (Å²) in [5.41, 5.74) is -0.321. The fourth-order valence-electron chi connectivity index (χ4n) is 2.06. The van der Waals surface area contributed by atoms with Crippen LogP contribution in [0.2, 0.25) is 10.0 Å². The molecule has 0 atom stereocenters. The highest BCUT2D eigenvalue weighted by molar-refractivity contribution is 6.42. The van der Waals surface area contributed by atoms with Crippen molar-refractivity contribution in [1.82, 2.24) is 4.98 Å². The Labute approximate surface area is 140 Å². The Hall–Kier alpha value is -1.79. The van der Waals surface area contributed by atoms with E-state index in [2.05, 4.69) is 4.98 Å². The van der Waals surface area contributed by atoms with E-state index in [1.165, 1.54) is 36.9 Å². The number of carbonyl (C=O) groups is 1. The Kier molecular flexibility index (Phi) is 4.87. The Bertz CT molecular complexity index is 763. The number of carbonyl (C=O) groups excluding carboxylic acids is 1. The molecular formula is C15H11Cl2F3N2O. The van der Waals surface area contributed by atoms with Gasteiger partial charge in [-0.15, -0.1) is 0 Å². The van der Waals surface area contributed by atoms with Gasteiger partial charge in [0.25, 0.3) is 0 Å². The van der Waals surface area contributed by atoms with Crippen LogP contribution in [0.15, 0.2) is 30.3 Å². The van der Waals surface area contributed by atoms with Crippen molar-refractivity contribution in [3.8, 4) is 0 Å². The first-order valence-electron chi connectivity index (χ1n) is 6.42. The number of anilines is 2. The molecule has 0 spiro atoms. The minimum absolute atomic E-state index is 0.0705. The number of halogens is 5. The van der Waals surface area contributed by atoms with Crippen LogP contribution in [-0.2, 0) is 11.0 Å². The Morgan fingerprint density at radius 2 is 1.78 bits per heavy atom. The molecule has 1 amide bonds. The maximum absolute atomic E-state index is 12.7. The van der Waals surface area contributed by atoms with Crippen LogP contribution in [-0.4, -0.2) is 10.9 Å². The molecule has 2 rings (SSSR count). The van der Waals surface area contributed by atoms with E-state index in [0.29, 0.717) is 10.7 Å². The highest BCUT2D eigenvalue weighted by Gasteiger charge is 2.33. The molecule has 0 radical (unpaired) electrons. The number of aromatic nitrogens is 1. The lowest BCUT2D eigenvalue weighted by Crippen LogP contribution is -2.24. The van der Waals surface area contributed by atoms with Crippen molar-refractivity contribution < 1.29 is 18.0 Å². The molecule has 1 aromatic carbocycles. The molecule has 8 heteroatoms. The van der Waals surface area contributed by atoms with Crippen LogP contribution in [0.3, 0.4) is 0 Å². The van der Waals surface area contributed by atoms with Crippen molar-refractivity contribution >= 4 is 40.5 Å². The Morgan fingerprint density at radius 3 is 2.26 bits per heavy atom. The first-order valence-corrected chi connectivity index (χ1v) is 7.17. The summed E-state index contributed by atoms with van der Waals surface area (Å²) in [7, 11) is 0. The molecule has 0 aliphatic heterocycles. The molecule has 23 heavy (non-hydrogen) atoms. The largest absolute Gasteiger partial charge is 0.433 e. The number of hydrogen-bond donors (Lipinski definition) is 0. The second-order valence-corrected chi connectivity index (χ2v) is 5.57. The monoisotopic (exact) mass is 362 g/mol. The molecule has 1 heterocycles. The summed E-state index contributed by atoms with van der Waals surface area (Å²) in [6.07, 6.45) is -4.55. The van der Waals surface area contributed by atoms with Crippen LogP contribution in [0, 0.1) is 6.92 Å². The first kappa shape index (κ1) is 17.6. The van der Waals surface area contributed by atoms with E-state index in [1.54, 1.807) is 6.07 Å². The number of rotatable bonds is 2. The van der Waals surface area contributed by atoms with Gasteiger partial charge in [-0.2, -0.15) is 13.2 Å². The van der Waals surface area contributed by atoms with Gasteiger partial charge in [-0.25, -0.2) is 4.98 Å². The molecule has 0 N–H and O–H groups in total. The zero-order chi connectivity index (χ0) is 17.4. The van der Waals surface area contributed by atoms with Gasteiger partial charge in [0.2, 0.25) is 5.91 Å². The maximum atomic E-state index is 12.7. The third-order valence-electron chi connectivity index (χ3n) is 3.07. The summed E-state index contributed by atoms with van der Waals surface area (Å²) in [6.45, 7) is 2.69. The zero-order valence-corrected chi connectivity index (χ0v) is 13.6. The van der Waals surface area contributed by atoms with E-state index in [4.69, 9.17) is 23.2 Å². The maximum Gasteiger partial charge on any atom is 0.433 e. The SMILES string of the molecule is CC(=O)N(c1ccc(Cl)c(Cl)c1)c1ccc(C(F)(F)F)nc1C. The normalized spacial score (nSPS) is 11.4. The van der Waals surface area contributed by atoms with E-state index in [1.807, 2.05) is 0 Å². The van der Waals surface area contributed by atoms with E-state index in [0.717, 1.165) is 6.07 Å². The van der Waals surface area contributed by atoms with Crippen LogP contribution in [0.4, 0.5) is 24.5 Å². The van der Waals surface area contributed by atoms with Gasteiger partial charge in [-0.05, 0) is 37.3 Å². The molecule has 0 bridgehead atoms. The van der Waals surface area contributed by atoms with Crippen LogP contribution in [0.5, 0.6) is 0 Å². The number of aryl methyl sites for hydroxylation is 1. The Morgan fingerprint density at radius 1 is 1.13 bits per heavy atom. The minimum Gasteiger partial charge on any atom is -0.279 e. The van der Waals surface area contributed by atoms with E-state index in [-0.39, 0.29) is 16.4 Å². The summed E-state index contributed by atoms with van der Waals surface area (Å²) in [6, 6.07) is 6.54. The number of pyridine rings is 1. The highest BCUT2D eigenvalue weighted by Crippen LogP contribution is 2.35. The van der Waals surface area contributed by atoms with Gasteiger partial charge in [0.05, 0.1) is 27.1 Å². The summed E-state index contributed by atoms with van der Waals surface area (Å²) in [4.78, 5) is 16.7. The number of alkyl halides is 3. The second-order valence-electron chi connectivity index (χ2n) is 4.75. The van der Waals surface area contributed by atoms with Gasteiger partial charge in [-0.1, -0.05) is 23.2 Å². The Balaban J connectivity index is 2.54. The van der Waals surface area contributed by atoms with Crippen LogP contribution in [0.1, 0.15) is 18.3 Å². The molecular weight excluding hydrogens is 352 g/mol. The van der Waals surface area contributed by atoms with Crippen molar-refractivity contribution in [2.45, 2.75) is 20.0 Å². The predicted molar refractivity (Wildman–Crippen MR) is 83.3 cm³/mol. The first-order chi connectivity index (χ1) is 10.6. The van der Waals surface area contributed by atoms with E-state index in [9.17, 15) is 18.0 Å². The fraction of sp³-hybridized carbons (Fsp3) is 0.200. The molecule has 1 aromatic heterocycles. The lowest BCUT2D eigenvalue weighted by Gasteiger charge is -2.23. The van der Waals surface area contributed by atoms with Crippen molar-refractivity contribution in [2.75, 3.05) is 4.90 Å². The number of hydrogen-bond acceptors (Lipinski definition) is 2. The van der Waals surface area contributed by atoms with Gasteiger partial charge in [-0.3, -0.25) is 9.69 Å². The van der Waals surface area contributed by atoms with Gasteiger partial charge in [0, 0.05) is 6.92 Å². The summed E-state index contributed by atoms with van der Waals surface area (Å²) in [5.74, 6) is -0.395. The second kappa shape index (κ2) is 6.37. The van der Waals surface area contributed by atoms with Gasteiger partial charge >= 0.3 is 6.18 Å². The van der Waals surface area contributed by atoms with Crippen molar-refractivity contribution in [2.24, 2.45) is 0 Å². The summed E-state index contributed by atoms with van der Waals surface area (Å²) in [5, 5.41) is 0.536. The van der Waals surface area contributed by atoms with Gasteiger partial charge in [0.1, 0.15) is 5.69 Å². The number of nitrogens with zero attached hydrogens (tertiary/aromatic N) is 2. The summed E-state index contributed by atoms with van der Waals surface area (Å²) < 4.78 is 38.1. The van der Waals surface area contributed by atoms with Gasteiger partial charge < -0.3 is 0 Å². The molecule has 3 nitrogen and oxygen atoms in total. The summed E-state index contributed by atoms with van der Waals surface area (Å²) >= 11 is 11.8. The molecule has 0 fully saturated rings. The standard InChI is InChI=1S/C15H11Cl2F3N2O/c1-8-13(5-6-14(21-8)15(18,19)20)22(9(2)23)10-3-4-11(16)12(17)7-10/h3-7H,1-2H3. The molecule has 0 saturated heterocycles. The van der Waals surface area contributed by atoms with Crippen molar-refractivity contribution in [1.29, 1.82) is 0 Å². The van der Waals surface area contributed by atoms with Crippen molar-refractivity contribution in [3.63, 3.8) is 0 Å². The molecule has 0 unspecified atom stereocenters. The molecule has 0 aliphatic rings. The minimum atomic E-state index is -4.55. The van der Waals surface area contributed by atoms with E-state index >= 15 is 0 Å². The predicted octanol–water partition coefficient (Wildman–Crippen LogP) is 5.40. The molecule has 0 saturated carbocycles. The number of benzene rings is 1. The zero-order valence-electron chi connectivity index (χ0n) is 12.1. The fourth-order valence-corrected chi connectivity index (χ4v) is 2.35. The molecule has 2 aromatic rings. The lowest BCUT2D eigenvalue weighted by atomic mass is 10.2. The van der Waals surface area contributed by atoms with Crippen LogP contribution < -0.4 is 4.90 Å². The highest BCUT2D eigenvalue weighted by atomic mass is 35.5. The van der Waals surface area contributed by atoms with Gasteiger partial charge in [0.15, 0.2) is 0 Å². The lowest BCUT2D eigenvalue weighted by molar-refractivity contribution is -0.141. The van der Waals surface area contributed by atoms with Crippen LogP contribution >= 0.6 is 23.2 Å². The topological polar surface area (TPSA) is 33.2 Å². The average molecular weight is 363 g/mol. The molecule has 122 valence electrons. The number of amides is 1. The molecule has 0 aliphatic carbocycles.